The van der Waals surface area contributed by atoms with E-state index in [1.165, 1.54) is 13.8 Å². The summed E-state index contributed by atoms with van der Waals surface area (Å²) in [6.45, 7) is 2.34. The van der Waals surface area contributed by atoms with Gasteiger partial charge in [0.25, 0.3) is 15.2 Å². The number of hydrogen-bond donors (Lipinski definition) is 1. The number of halogens is 6. The molecule has 0 fully saturated rings. The van der Waals surface area contributed by atoms with Gasteiger partial charge in [-0.05, 0) is 13.8 Å². The maximum atomic E-state index is 12.7. The highest BCUT2D eigenvalue weighted by molar-refractivity contribution is 7.89. The second kappa shape index (κ2) is 5.12. The topological polar surface area (TPSA) is 90.9 Å². The van der Waals surface area contributed by atoms with Crippen LogP contribution in [-0.2, 0) is 10.0 Å². The first-order valence-corrected chi connectivity index (χ1v) is 6.83. The Hall–Kier alpha value is -1.37. The van der Waals surface area contributed by atoms with Gasteiger partial charge in [0.2, 0.25) is 5.92 Å². The van der Waals surface area contributed by atoms with Crippen LogP contribution in [0.3, 0.4) is 0 Å². The van der Waals surface area contributed by atoms with Crippen molar-refractivity contribution in [2.24, 2.45) is 5.14 Å². The molecule has 2 N–H and O–H groups in total. The molecule has 21 heavy (non-hydrogen) atoms. The van der Waals surface area contributed by atoms with E-state index in [9.17, 15) is 34.8 Å². The van der Waals surface area contributed by atoms with E-state index in [1.54, 1.807) is 0 Å². The second-order valence-corrected chi connectivity index (χ2v) is 5.82. The van der Waals surface area contributed by atoms with Gasteiger partial charge >= 0.3 is 12.4 Å². The smallest absolute Gasteiger partial charge is 0.297 e. The predicted molar refractivity (Wildman–Crippen MR) is 56.6 cm³/mol. The molecule has 6 nitrogen and oxygen atoms in total. The number of alkyl halides is 6. The van der Waals surface area contributed by atoms with Crippen LogP contribution in [0.1, 0.15) is 31.6 Å². The first kappa shape index (κ1) is 17.7. The number of rotatable bonds is 3. The molecule has 1 rings (SSSR count). The van der Waals surface area contributed by atoms with E-state index >= 15 is 0 Å². The summed E-state index contributed by atoms with van der Waals surface area (Å²) in [5, 5.41) is 9.16. The highest BCUT2D eigenvalue weighted by Gasteiger charge is 2.60. The molecule has 0 aliphatic carbocycles. The SMILES string of the molecule is CC(C)n1c(C(C(F)(F)F)C(F)(F)F)nnc1S(N)(=O)=O. The van der Waals surface area contributed by atoms with Crippen LogP contribution in [0.5, 0.6) is 0 Å². The van der Waals surface area contributed by atoms with Crippen LogP contribution in [0, 0.1) is 0 Å². The van der Waals surface area contributed by atoms with E-state index < -0.39 is 45.3 Å². The van der Waals surface area contributed by atoms with Crippen molar-refractivity contribution in [3.63, 3.8) is 0 Å². The lowest BCUT2D eigenvalue weighted by Crippen LogP contribution is -2.37. The van der Waals surface area contributed by atoms with Gasteiger partial charge in [-0.3, -0.25) is 4.57 Å². The molecule has 0 radical (unpaired) electrons. The molecule has 0 bridgehead atoms. The van der Waals surface area contributed by atoms with Gasteiger partial charge in [-0.1, -0.05) is 0 Å². The minimum atomic E-state index is -5.71. The molecule has 1 heterocycles. The van der Waals surface area contributed by atoms with Gasteiger partial charge in [0.15, 0.2) is 5.82 Å². The van der Waals surface area contributed by atoms with Crippen molar-refractivity contribution in [2.45, 2.75) is 43.3 Å². The van der Waals surface area contributed by atoms with Gasteiger partial charge in [0, 0.05) is 6.04 Å². The first-order chi connectivity index (χ1) is 9.17. The summed E-state index contributed by atoms with van der Waals surface area (Å²) in [7, 11) is -4.63. The van der Waals surface area contributed by atoms with Crippen LogP contribution in [0.25, 0.3) is 0 Å². The zero-order valence-corrected chi connectivity index (χ0v) is 11.4. The lowest BCUT2D eigenvalue weighted by Gasteiger charge is -2.24. The number of nitrogens with zero attached hydrogens (tertiary/aromatic N) is 3. The van der Waals surface area contributed by atoms with E-state index in [1.807, 2.05) is 0 Å². The van der Waals surface area contributed by atoms with Crippen LogP contribution in [0.15, 0.2) is 5.16 Å². The van der Waals surface area contributed by atoms with Crippen molar-refractivity contribution in [2.75, 3.05) is 0 Å². The van der Waals surface area contributed by atoms with Crippen LogP contribution < -0.4 is 5.14 Å². The minimum absolute atomic E-state index is 0.209. The van der Waals surface area contributed by atoms with E-state index in [-0.39, 0.29) is 4.57 Å². The molecule has 0 aliphatic rings. The number of aromatic nitrogens is 3. The van der Waals surface area contributed by atoms with Gasteiger partial charge < -0.3 is 0 Å². The lowest BCUT2D eigenvalue weighted by molar-refractivity contribution is -0.256. The van der Waals surface area contributed by atoms with Crippen LogP contribution in [0.4, 0.5) is 26.3 Å². The fourth-order valence-electron chi connectivity index (χ4n) is 1.64. The van der Waals surface area contributed by atoms with Crippen LogP contribution >= 0.6 is 0 Å². The Morgan fingerprint density at radius 2 is 1.48 bits per heavy atom. The Morgan fingerprint density at radius 3 is 1.76 bits per heavy atom. The summed E-state index contributed by atoms with van der Waals surface area (Å²) in [4.78, 5) is 0. The maximum absolute atomic E-state index is 12.7. The quantitative estimate of drug-likeness (QED) is 0.848. The zero-order chi connectivity index (χ0) is 16.8. The highest BCUT2D eigenvalue weighted by Crippen LogP contribution is 2.46. The largest absolute Gasteiger partial charge is 0.407 e. The summed E-state index contributed by atoms with van der Waals surface area (Å²) in [5.74, 6) is -5.54. The molecule has 0 atom stereocenters. The molecule has 0 saturated heterocycles. The van der Waals surface area contributed by atoms with Gasteiger partial charge in [-0.15, -0.1) is 10.2 Å². The molecular weight excluding hydrogens is 330 g/mol. The standard InChI is InChI=1S/C8H10F6N4O2S/c1-3(2)18-5(16-17-6(18)21(15,19)20)4(7(9,10)11)8(12,13)14/h3-4H,1-2H3,(H2,15,19,20). The summed E-state index contributed by atoms with van der Waals surface area (Å²) in [5.41, 5.74) is 0. The summed E-state index contributed by atoms with van der Waals surface area (Å²) in [6.07, 6.45) is -11.4. The summed E-state index contributed by atoms with van der Waals surface area (Å²) in [6, 6.07) is -1.09. The van der Waals surface area contributed by atoms with E-state index in [4.69, 9.17) is 5.14 Å². The minimum Gasteiger partial charge on any atom is -0.297 e. The zero-order valence-electron chi connectivity index (χ0n) is 10.6. The molecule has 13 heteroatoms. The fourth-order valence-corrected chi connectivity index (χ4v) is 2.38. The van der Waals surface area contributed by atoms with E-state index in [0.29, 0.717) is 0 Å². The van der Waals surface area contributed by atoms with Crippen molar-refractivity contribution in [3.05, 3.63) is 5.82 Å². The van der Waals surface area contributed by atoms with Gasteiger partial charge in [-0.2, -0.15) is 26.3 Å². The Kier molecular flexibility index (Phi) is 4.31. The van der Waals surface area contributed by atoms with Crippen LogP contribution in [-0.4, -0.2) is 35.5 Å². The normalized spacial score (nSPS) is 14.2. The number of nitrogens with two attached hydrogens (primary N) is 1. The number of hydrogen-bond acceptors (Lipinski definition) is 4. The molecule has 0 saturated carbocycles. The highest BCUT2D eigenvalue weighted by atomic mass is 32.2. The third kappa shape index (κ3) is 3.64. The molecule has 0 unspecified atom stereocenters. The Morgan fingerprint density at radius 1 is 1.05 bits per heavy atom. The van der Waals surface area contributed by atoms with Crippen molar-refractivity contribution in [1.29, 1.82) is 0 Å². The van der Waals surface area contributed by atoms with E-state index in [2.05, 4.69) is 10.2 Å². The van der Waals surface area contributed by atoms with Gasteiger partial charge in [0.05, 0.1) is 0 Å². The number of primary sulfonamides is 1. The Labute approximate surface area is 115 Å². The van der Waals surface area contributed by atoms with Gasteiger partial charge in [-0.25, -0.2) is 13.6 Å². The van der Waals surface area contributed by atoms with Crippen LogP contribution in [0.2, 0.25) is 0 Å². The van der Waals surface area contributed by atoms with Crippen molar-refractivity contribution >= 4 is 10.0 Å². The summed E-state index contributed by atoms with van der Waals surface area (Å²) < 4.78 is 98.6. The van der Waals surface area contributed by atoms with Crippen molar-refractivity contribution in [3.8, 4) is 0 Å². The lowest BCUT2D eigenvalue weighted by atomic mass is 10.1. The first-order valence-electron chi connectivity index (χ1n) is 5.28. The predicted octanol–water partition coefficient (Wildman–Crippen LogP) is 1.71. The molecule has 122 valence electrons. The molecule has 0 aromatic carbocycles. The molecule has 1 aromatic rings. The monoisotopic (exact) mass is 340 g/mol. The van der Waals surface area contributed by atoms with Crippen molar-refractivity contribution < 1.29 is 34.8 Å². The van der Waals surface area contributed by atoms with Crippen molar-refractivity contribution in [1.82, 2.24) is 14.8 Å². The van der Waals surface area contributed by atoms with Gasteiger partial charge in [0.1, 0.15) is 0 Å². The molecule has 1 aromatic heterocycles. The molecule has 0 spiro atoms. The molecule has 0 aliphatic heterocycles. The second-order valence-electron chi connectivity index (χ2n) is 4.37. The third-order valence-electron chi connectivity index (χ3n) is 2.37. The third-order valence-corrected chi connectivity index (χ3v) is 3.16. The summed E-state index contributed by atoms with van der Waals surface area (Å²) >= 11 is 0. The average molecular weight is 340 g/mol. The molecule has 0 amide bonds. The fraction of sp³-hybridized carbons (Fsp3) is 0.750. The molecular formula is C8H10F6N4O2S. The number of sulfonamides is 1. The average Bonchev–Trinajstić information content (AvgIpc) is 2.55. The van der Waals surface area contributed by atoms with E-state index in [0.717, 1.165) is 0 Å². The Bertz CT molecular complexity index is 604. The maximum Gasteiger partial charge on any atom is 0.407 e. The Balaban J connectivity index is 3.66.